The lowest BCUT2D eigenvalue weighted by Gasteiger charge is -2.25. The number of aliphatic hydroxyl groups excluding tert-OH is 1. The summed E-state index contributed by atoms with van der Waals surface area (Å²) in [7, 11) is 0. The number of carbonyl (C=O) groups excluding carboxylic acids is 1. The molecule has 9 heteroatoms. The van der Waals surface area contributed by atoms with Gasteiger partial charge in [-0.2, -0.15) is 0 Å². The number of rotatable bonds is 12. The summed E-state index contributed by atoms with van der Waals surface area (Å²) in [5.41, 5.74) is 10.9. The molecule has 0 saturated heterocycles. The molecule has 0 bridgehead atoms. The second-order valence-electron chi connectivity index (χ2n) is 5.42. The SMILES string of the molecule is CCCCCC(O)C(CC(=O)SC[C@H](N)C(=O)O)[C@H](N)C(=O)O. The third kappa shape index (κ3) is 8.89. The molecule has 0 aliphatic rings. The van der Waals surface area contributed by atoms with Crippen molar-refractivity contribution in [2.75, 3.05) is 5.75 Å². The fourth-order valence-electron chi connectivity index (χ4n) is 2.01. The third-order valence-corrected chi connectivity index (χ3v) is 4.50. The van der Waals surface area contributed by atoms with E-state index in [9.17, 15) is 19.5 Å². The molecule has 0 aromatic heterocycles. The molecule has 0 spiro atoms. The normalized spacial score (nSPS) is 16.3. The molecule has 4 atom stereocenters. The van der Waals surface area contributed by atoms with Gasteiger partial charge < -0.3 is 26.8 Å². The Kier molecular flexibility index (Phi) is 10.8. The highest BCUT2D eigenvalue weighted by atomic mass is 32.2. The Morgan fingerprint density at radius 1 is 1.09 bits per heavy atom. The Morgan fingerprint density at radius 3 is 2.17 bits per heavy atom. The first kappa shape index (κ1) is 21.8. The maximum Gasteiger partial charge on any atom is 0.321 e. The molecule has 0 fully saturated rings. The van der Waals surface area contributed by atoms with Gasteiger partial charge in [0.2, 0.25) is 0 Å². The molecule has 0 amide bonds. The van der Waals surface area contributed by atoms with Crippen molar-refractivity contribution >= 4 is 28.8 Å². The summed E-state index contributed by atoms with van der Waals surface area (Å²) >= 11 is 0.712. The van der Waals surface area contributed by atoms with E-state index in [0.29, 0.717) is 24.6 Å². The highest BCUT2D eigenvalue weighted by molar-refractivity contribution is 8.13. The molecule has 0 radical (unpaired) electrons. The van der Waals surface area contributed by atoms with Crippen LogP contribution < -0.4 is 11.5 Å². The number of carbonyl (C=O) groups is 3. The maximum atomic E-state index is 11.9. The smallest absolute Gasteiger partial charge is 0.321 e. The van der Waals surface area contributed by atoms with E-state index < -0.39 is 41.2 Å². The summed E-state index contributed by atoms with van der Waals surface area (Å²) in [4.78, 5) is 33.6. The predicted octanol–water partition coefficient (Wildman–Crippen LogP) is 0.0175. The van der Waals surface area contributed by atoms with Crippen molar-refractivity contribution in [3.63, 3.8) is 0 Å². The van der Waals surface area contributed by atoms with Crippen LogP contribution in [0, 0.1) is 5.92 Å². The van der Waals surface area contributed by atoms with Crippen LogP contribution in [0.3, 0.4) is 0 Å². The zero-order chi connectivity index (χ0) is 18.0. The largest absolute Gasteiger partial charge is 0.480 e. The van der Waals surface area contributed by atoms with Crippen LogP contribution in [0.5, 0.6) is 0 Å². The lowest BCUT2D eigenvalue weighted by Crippen LogP contribution is -2.44. The fourth-order valence-corrected chi connectivity index (χ4v) is 2.83. The summed E-state index contributed by atoms with van der Waals surface area (Å²) in [6.07, 6.45) is 1.69. The molecule has 0 rings (SSSR count). The second kappa shape index (κ2) is 11.4. The Bertz CT molecular complexity index is 407. The molecule has 0 aromatic rings. The molecule has 7 N–H and O–H groups in total. The van der Waals surface area contributed by atoms with Crippen LogP contribution in [0.25, 0.3) is 0 Å². The van der Waals surface area contributed by atoms with Gasteiger partial charge in [0, 0.05) is 18.1 Å². The lowest BCUT2D eigenvalue weighted by atomic mass is 9.88. The number of hydrogen-bond acceptors (Lipinski definition) is 7. The number of unbranched alkanes of at least 4 members (excludes halogenated alkanes) is 2. The molecule has 0 heterocycles. The minimum absolute atomic E-state index is 0.116. The Morgan fingerprint density at radius 2 is 1.70 bits per heavy atom. The lowest BCUT2D eigenvalue weighted by molar-refractivity contribution is -0.141. The van der Waals surface area contributed by atoms with Crippen LogP contribution in [0.4, 0.5) is 0 Å². The van der Waals surface area contributed by atoms with E-state index in [1.165, 1.54) is 0 Å². The van der Waals surface area contributed by atoms with Gasteiger partial charge in [0.05, 0.1) is 6.10 Å². The summed E-state index contributed by atoms with van der Waals surface area (Å²) < 4.78 is 0. The van der Waals surface area contributed by atoms with Crippen molar-refractivity contribution in [1.29, 1.82) is 0 Å². The summed E-state index contributed by atoms with van der Waals surface area (Å²) in [6, 6.07) is -2.53. The molecule has 23 heavy (non-hydrogen) atoms. The minimum Gasteiger partial charge on any atom is -0.480 e. The molecule has 0 aromatic carbocycles. The number of thioether (sulfide) groups is 1. The Balaban J connectivity index is 4.65. The van der Waals surface area contributed by atoms with Crippen LogP contribution in [0.1, 0.15) is 39.0 Å². The standard InChI is InChI=1S/C14H26N2O6S/c1-2-3-4-5-10(17)8(12(16)14(21)22)6-11(18)23-7-9(15)13(19)20/h8-10,12,17H,2-7,15-16H2,1H3,(H,19,20)(H,21,22)/t8?,9-,10?,12-/m0/s1. The van der Waals surface area contributed by atoms with Crippen molar-refractivity contribution in [3.8, 4) is 0 Å². The van der Waals surface area contributed by atoms with Gasteiger partial charge in [0.15, 0.2) is 5.12 Å². The quantitative estimate of drug-likeness (QED) is 0.305. The van der Waals surface area contributed by atoms with Gasteiger partial charge in [-0.25, -0.2) is 0 Å². The fraction of sp³-hybridized carbons (Fsp3) is 0.786. The first-order valence-electron chi connectivity index (χ1n) is 7.51. The third-order valence-electron chi connectivity index (χ3n) is 3.49. The molecular weight excluding hydrogens is 324 g/mol. The van der Waals surface area contributed by atoms with Gasteiger partial charge in [0.1, 0.15) is 12.1 Å². The number of nitrogens with two attached hydrogens (primary N) is 2. The maximum absolute atomic E-state index is 11.9. The van der Waals surface area contributed by atoms with Gasteiger partial charge in [0.25, 0.3) is 0 Å². The van der Waals surface area contributed by atoms with E-state index in [1.807, 2.05) is 6.92 Å². The molecular formula is C14H26N2O6S. The van der Waals surface area contributed by atoms with E-state index in [2.05, 4.69) is 0 Å². The highest BCUT2D eigenvalue weighted by Crippen LogP contribution is 2.22. The van der Waals surface area contributed by atoms with Crippen molar-refractivity contribution in [1.82, 2.24) is 0 Å². The average molecular weight is 350 g/mol. The van der Waals surface area contributed by atoms with Crippen molar-refractivity contribution in [3.05, 3.63) is 0 Å². The number of aliphatic hydroxyl groups is 1. The van der Waals surface area contributed by atoms with Gasteiger partial charge in [-0.3, -0.25) is 14.4 Å². The van der Waals surface area contributed by atoms with E-state index in [0.717, 1.165) is 12.8 Å². The summed E-state index contributed by atoms with van der Waals surface area (Å²) in [5, 5.41) is 27.4. The van der Waals surface area contributed by atoms with Crippen molar-refractivity contribution in [2.24, 2.45) is 17.4 Å². The van der Waals surface area contributed by atoms with Crippen LogP contribution in [-0.2, 0) is 14.4 Å². The first-order chi connectivity index (χ1) is 10.7. The van der Waals surface area contributed by atoms with Crippen LogP contribution in [-0.4, -0.2) is 56.3 Å². The number of hydrogen-bond donors (Lipinski definition) is 5. The molecule has 0 aliphatic heterocycles. The first-order valence-corrected chi connectivity index (χ1v) is 8.49. The Hall–Kier alpha value is -1.16. The van der Waals surface area contributed by atoms with Crippen molar-refractivity contribution < 1.29 is 29.7 Å². The van der Waals surface area contributed by atoms with Gasteiger partial charge in [-0.15, -0.1) is 0 Å². The molecule has 134 valence electrons. The molecule has 0 aliphatic carbocycles. The topological polar surface area (TPSA) is 164 Å². The minimum atomic E-state index is -1.36. The molecule has 8 nitrogen and oxygen atoms in total. The van der Waals surface area contributed by atoms with E-state index in [1.54, 1.807) is 0 Å². The van der Waals surface area contributed by atoms with E-state index in [-0.39, 0.29) is 12.2 Å². The van der Waals surface area contributed by atoms with E-state index >= 15 is 0 Å². The summed E-state index contributed by atoms with van der Waals surface area (Å²) in [6.45, 7) is 2.00. The predicted molar refractivity (Wildman–Crippen MR) is 86.9 cm³/mol. The van der Waals surface area contributed by atoms with Gasteiger partial charge >= 0.3 is 11.9 Å². The number of carboxylic acids is 2. The number of carboxylic acid groups (broad SMARTS) is 2. The van der Waals surface area contributed by atoms with Crippen molar-refractivity contribution in [2.45, 2.75) is 57.2 Å². The molecule has 0 saturated carbocycles. The molecule has 2 unspecified atom stereocenters. The van der Waals surface area contributed by atoms with Gasteiger partial charge in [-0.05, 0) is 6.42 Å². The van der Waals surface area contributed by atoms with Crippen LogP contribution >= 0.6 is 11.8 Å². The highest BCUT2D eigenvalue weighted by Gasteiger charge is 2.32. The monoisotopic (exact) mass is 350 g/mol. The zero-order valence-corrected chi connectivity index (χ0v) is 14.0. The summed E-state index contributed by atoms with van der Waals surface area (Å²) in [5.74, 6) is -3.53. The average Bonchev–Trinajstić information content (AvgIpc) is 2.49. The van der Waals surface area contributed by atoms with Crippen LogP contribution in [0.15, 0.2) is 0 Å². The number of aliphatic carboxylic acids is 2. The van der Waals surface area contributed by atoms with Crippen LogP contribution in [0.2, 0.25) is 0 Å². The van der Waals surface area contributed by atoms with Gasteiger partial charge in [-0.1, -0.05) is 37.9 Å². The Labute approximate surface area is 139 Å². The second-order valence-corrected chi connectivity index (χ2v) is 6.50. The zero-order valence-electron chi connectivity index (χ0n) is 13.2. The van der Waals surface area contributed by atoms with E-state index in [4.69, 9.17) is 21.7 Å².